The summed E-state index contributed by atoms with van der Waals surface area (Å²) >= 11 is 0. The van der Waals surface area contributed by atoms with Crippen molar-refractivity contribution in [1.29, 1.82) is 0 Å². The lowest BCUT2D eigenvalue weighted by Gasteiger charge is -2.19. The molecule has 1 heterocycles. The first kappa shape index (κ1) is 13.6. The van der Waals surface area contributed by atoms with E-state index in [2.05, 4.69) is 5.16 Å². The number of carbonyl (C=O) groups is 2. The molecule has 0 bridgehead atoms. The smallest absolute Gasteiger partial charge is 0.210 e. The van der Waals surface area contributed by atoms with Crippen molar-refractivity contribution in [2.24, 2.45) is 5.16 Å². The summed E-state index contributed by atoms with van der Waals surface area (Å²) in [4.78, 5) is 29.3. The van der Waals surface area contributed by atoms with Gasteiger partial charge in [-0.3, -0.25) is 9.59 Å². The van der Waals surface area contributed by atoms with Crippen molar-refractivity contribution < 1.29 is 14.4 Å². The molecule has 4 rings (SSSR count). The van der Waals surface area contributed by atoms with Crippen LogP contribution in [0.1, 0.15) is 16.8 Å². The summed E-state index contributed by atoms with van der Waals surface area (Å²) in [5.41, 5.74) is 0.155. The van der Waals surface area contributed by atoms with Gasteiger partial charge in [0.2, 0.25) is 5.78 Å². The van der Waals surface area contributed by atoms with Crippen molar-refractivity contribution in [3.63, 3.8) is 0 Å². The van der Waals surface area contributed by atoms with E-state index in [1.54, 1.807) is 18.2 Å². The van der Waals surface area contributed by atoms with Crippen molar-refractivity contribution in [1.82, 2.24) is 0 Å². The zero-order valence-electron chi connectivity index (χ0n) is 12.2. The number of ketones is 2. The number of carbonyl (C=O) groups excluding carboxylic acids is 2. The Bertz CT molecular complexity index is 905. The molecule has 0 atom stereocenters. The van der Waals surface area contributed by atoms with Crippen LogP contribution in [0, 0.1) is 0 Å². The molecule has 4 heteroatoms. The lowest BCUT2D eigenvalue weighted by Crippen LogP contribution is -2.27. The average Bonchev–Trinajstić information content (AvgIpc) is 3.01. The third-order valence-corrected chi connectivity index (χ3v) is 4.10. The minimum atomic E-state index is -0.796. The fourth-order valence-electron chi connectivity index (χ4n) is 2.82. The van der Waals surface area contributed by atoms with Gasteiger partial charge in [0, 0.05) is 12.0 Å². The molecule has 0 fully saturated rings. The molecule has 23 heavy (non-hydrogen) atoms. The fourth-order valence-corrected chi connectivity index (χ4v) is 2.82. The molecule has 2 aromatic rings. The zero-order chi connectivity index (χ0) is 15.9. The van der Waals surface area contributed by atoms with Gasteiger partial charge in [-0.15, -0.1) is 0 Å². The summed E-state index contributed by atoms with van der Waals surface area (Å²) in [7, 11) is 0. The second kappa shape index (κ2) is 5.02. The maximum absolute atomic E-state index is 12.7. The van der Waals surface area contributed by atoms with Gasteiger partial charge in [0.05, 0.1) is 0 Å². The summed E-state index contributed by atoms with van der Waals surface area (Å²) in [5.74, 6) is -0.236. The molecule has 2 aromatic carbocycles. The highest BCUT2D eigenvalue weighted by Gasteiger charge is 2.38. The third-order valence-electron chi connectivity index (χ3n) is 4.10. The van der Waals surface area contributed by atoms with E-state index in [1.165, 1.54) is 12.2 Å². The molecule has 0 radical (unpaired) electrons. The van der Waals surface area contributed by atoms with Gasteiger partial charge in [0.15, 0.2) is 11.4 Å². The van der Waals surface area contributed by atoms with E-state index in [-0.39, 0.29) is 11.6 Å². The maximum atomic E-state index is 12.7. The van der Waals surface area contributed by atoms with E-state index in [0.717, 1.165) is 10.8 Å². The summed E-state index contributed by atoms with van der Waals surface area (Å²) in [6.45, 7) is 0. The lowest BCUT2D eigenvalue weighted by atomic mass is 9.90. The minimum absolute atomic E-state index is 0.0893. The first-order valence-corrected chi connectivity index (χ1v) is 7.36. The standard InChI is InChI=1S/C19H13NO3/c21-16-7-9-19(10-8-16)12-17(20-23-19)18(22)15-6-5-13-3-1-2-4-14(13)11-15/h1-11H,12H2. The van der Waals surface area contributed by atoms with Gasteiger partial charge in [-0.25, -0.2) is 0 Å². The van der Waals surface area contributed by atoms with Crippen LogP contribution in [0.2, 0.25) is 0 Å². The highest BCUT2D eigenvalue weighted by molar-refractivity contribution is 6.46. The Morgan fingerprint density at radius 1 is 1.04 bits per heavy atom. The van der Waals surface area contributed by atoms with Gasteiger partial charge in [-0.05, 0) is 41.1 Å². The van der Waals surface area contributed by atoms with Crippen LogP contribution in [0.3, 0.4) is 0 Å². The second-order valence-electron chi connectivity index (χ2n) is 5.72. The number of rotatable bonds is 2. The molecule has 0 N–H and O–H groups in total. The lowest BCUT2D eigenvalue weighted by molar-refractivity contribution is -0.110. The summed E-state index contributed by atoms with van der Waals surface area (Å²) in [6, 6.07) is 13.5. The number of hydrogen-bond donors (Lipinski definition) is 0. The summed E-state index contributed by atoms with van der Waals surface area (Å²) < 4.78 is 0. The average molecular weight is 303 g/mol. The van der Waals surface area contributed by atoms with Gasteiger partial charge in [0.25, 0.3) is 0 Å². The summed E-state index contributed by atoms with van der Waals surface area (Å²) in [6.07, 6.45) is 6.52. The number of Topliss-reactive ketones (excluding diaryl/α,β-unsaturated/α-hetero) is 1. The molecular weight excluding hydrogens is 290 g/mol. The Morgan fingerprint density at radius 3 is 2.57 bits per heavy atom. The van der Waals surface area contributed by atoms with Crippen LogP contribution in [0.5, 0.6) is 0 Å². The molecule has 0 aromatic heterocycles. The topological polar surface area (TPSA) is 55.7 Å². The second-order valence-corrected chi connectivity index (χ2v) is 5.72. The Kier molecular flexibility index (Phi) is 2.98. The number of nitrogens with zero attached hydrogens (tertiary/aromatic N) is 1. The molecule has 1 spiro atoms. The fraction of sp³-hybridized carbons (Fsp3) is 0.105. The zero-order valence-corrected chi connectivity index (χ0v) is 12.2. The van der Waals surface area contributed by atoms with Gasteiger partial charge in [0.1, 0.15) is 5.71 Å². The quantitative estimate of drug-likeness (QED) is 0.800. The van der Waals surface area contributed by atoms with Gasteiger partial charge >= 0.3 is 0 Å². The Hall–Kier alpha value is -3.01. The molecule has 0 unspecified atom stereocenters. The molecule has 4 nitrogen and oxygen atoms in total. The molecule has 0 amide bonds. The minimum Gasteiger partial charge on any atom is -0.380 e. The van der Waals surface area contributed by atoms with Crippen LogP contribution in [-0.2, 0) is 9.63 Å². The number of hydrogen-bond acceptors (Lipinski definition) is 4. The first-order chi connectivity index (χ1) is 11.2. The van der Waals surface area contributed by atoms with Crippen LogP contribution in [-0.4, -0.2) is 22.9 Å². The SMILES string of the molecule is O=C1C=CC2(C=C1)CC(C(=O)c1ccc3ccccc3c1)=NO2. The normalized spacial score (nSPS) is 18.3. The number of benzene rings is 2. The van der Waals surface area contributed by atoms with Crippen molar-refractivity contribution in [3.05, 3.63) is 72.3 Å². The van der Waals surface area contributed by atoms with E-state index in [0.29, 0.717) is 17.7 Å². The molecular formula is C19H13NO3. The van der Waals surface area contributed by atoms with Gasteiger partial charge in [-0.2, -0.15) is 0 Å². The molecule has 2 aliphatic rings. The highest BCUT2D eigenvalue weighted by Crippen LogP contribution is 2.30. The van der Waals surface area contributed by atoms with E-state index in [9.17, 15) is 9.59 Å². The van der Waals surface area contributed by atoms with Gasteiger partial charge < -0.3 is 4.84 Å². The van der Waals surface area contributed by atoms with Crippen molar-refractivity contribution in [2.75, 3.05) is 0 Å². The Balaban J connectivity index is 1.61. The largest absolute Gasteiger partial charge is 0.380 e. The Labute approximate surface area is 132 Å². The van der Waals surface area contributed by atoms with Gasteiger partial charge in [-0.1, -0.05) is 41.6 Å². The maximum Gasteiger partial charge on any atom is 0.210 e. The Morgan fingerprint density at radius 2 is 1.78 bits per heavy atom. The number of oxime groups is 1. The van der Waals surface area contributed by atoms with Crippen LogP contribution in [0.15, 0.2) is 71.9 Å². The monoisotopic (exact) mass is 303 g/mol. The van der Waals surface area contributed by atoms with Crippen molar-refractivity contribution in [3.8, 4) is 0 Å². The highest BCUT2D eigenvalue weighted by atomic mass is 16.7. The van der Waals surface area contributed by atoms with E-state index in [4.69, 9.17) is 4.84 Å². The van der Waals surface area contributed by atoms with Crippen LogP contribution in [0.25, 0.3) is 10.8 Å². The third kappa shape index (κ3) is 2.38. The first-order valence-electron chi connectivity index (χ1n) is 7.36. The number of allylic oxidation sites excluding steroid dienone is 2. The predicted octanol–water partition coefficient (Wildman–Crippen LogP) is 3.23. The molecule has 1 aliphatic heterocycles. The van der Waals surface area contributed by atoms with E-state index < -0.39 is 5.60 Å². The van der Waals surface area contributed by atoms with E-state index >= 15 is 0 Å². The number of fused-ring (bicyclic) bond motifs is 1. The molecule has 0 saturated carbocycles. The molecule has 112 valence electrons. The van der Waals surface area contributed by atoms with Crippen LogP contribution < -0.4 is 0 Å². The predicted molar refractivity (Wildman–Crippen MR) is 87.4 cm³/mol. The van der Waals surface area contributed by atoms with Crippen molar-refractivity contribution in [2.45, 2.75) is 12.0 Å². The van der Waals surface area contributed by atoms with E-state index in [1.807, 2.05) is 36.4 Å². The van der Waals surface area contributed by atoms with Crippen LogP contribution in [0.4, 0.5) is 0 Å². The summed E-state index contributed by atoms with van der Waals surface area (Å²) in [5, 5.41) is 6.04. The molecule has 0 saturated heterocycles. The molecule has 1 aliphatic carbocycles. The van der Waals surface area contributed by atoms with Crippen molar-refractivity contribution >= 4 is 28.1 Å². The van der Waals surface area contributed by atoms with Crippen LogP contribution >= 0.6 is 0 Å².